The second kappa shape index (κ2) is 3.86. The van der Waals surface area contributed by atoms with Crippen LogP contribution in [0.2, 0.25) is 0 Å². The van der Waals surface area contributed by atoms with Crippen LogP contribution in [0.5, 0.6) is 0 Å². The van der Waals surface area contributed by atoms with Gasteiger partial charge in [0.25, 0.3) is 11.7 Å². The van der Waals surface area contributed by atoms with Crippen LogP contribution in [-0.4, -0.2) is 35.2 Å². The highest BCUT2D eigenvalue weighted by Crippen LogP contribution is 2.21. The number of aromatic nitrogens is 2. The normalized spacial score (nSPS) is 24.6. The molecule has 1 saturated carbocycles. The van der Waals surface area contributed by atoms with Crippen molar-refractivity contribution in [1.29, 1.82) is 0 Å². The molecule has 1 aliphatic carbocycles. The smallest absolute Gasteiger partial charge is 0.292 e. The lowest BCUT2D eigenvalue weighted by atomic mass is 10.1. The Kier molecular flexibility index (Phi) is 2.36. The van der Waals surface area contributed by atoms with E-state index in [-0.39, 0.29) is 17.6 Å². The number of carbonyl (C=O) groups is 1. The molecule has 2 heterocycles. The molecular formula is C10H14N4O2. The first-order valence-electron chi connectivity index (χ1n) is 5.68. The van der Waals surface area contributed by atoms with E-state index in [0.29, 0.717) is 11.9 Å². The fourth-order valence-corrected chi connectivity index (χ4v) is 1.84. The molecule has 1 saturated heterocycles. The van der Waals surface area contributed by atoms with E-state index in [4.69, 9.17) is 4.52 Å². The second-order valence-corrected chi connectivity index (χ2v) is 4.39. The van der Waals surface area contributed by atoms with Crippen molar-refractivity contribution in [3.63, 3.8) is 0 Å². The van der Waals surface area contributed by atoms with Gasteiger partial charge in [0.2, 0.25) is 5.89 Å². The molecule has 1 amide bonds. The molecule has 0 aromatic carbocycles. The molecule has 0 bridgehead atoms. The molecule has 6 heteroatoms. The van der Waals surface area contributed by atoms with E-state index >= 15 is 0 Å². The Morgan fingerprint density at radius 3 is 3.00 bits per heavy atom. The standard InChI is InChI=1S/C10H14N4O2/c15-9(12-7-1-2-7)8-13-10(16-14-8)6-3-4-11-5-6/h6-7,11H,1-5H2,(H,12,15). The van der Waals surface area contributed by atoms with Gasteiger partial charge < -0.3 is 15.2 Å². The maximum atomic E-state index is 11.6. The summed E-state index contributed by atoms with van der Waals surface area (Å²) in [6, 6.07) is 0.322. The first-order valence-corrected chi connectivity index (χ1v) is 5.68. The molecule has 16 heavy (non-hydrogen) atoms. The Morgan fingerprint density at radius 1 is 1.44 bits per heavy atom. The van der Waals surface area contributed by atoms with E-state index in [1.165, 1.54) is 0 Å². The van der Waals surface area contributed by atoms with Gasteiger partial charge in [0.1, 0.15) is 0 Å². The van der Waals surface area contributed by atoms with Crippen LogP contribution in [-0.2, 0) is 0 Å². The van der Waals surface area contributed by atoms with Crippen LogP contribution >= 0.6 is 0 Å². The Balaban J connectivity index is 1.68. The molecular weight excluding hydrogens is 208 g/mol. The Hall–Kier alpha value is -1.43. The van der Waals surface area contributed by atoms with E-state index in [9.17, 15) is 4.79 Å². The van der Waals surface area contributed by atoms with Crippen molar-refractivity contribution in [3.05, 3.63) is 11.7 Å². The summed E-state index contributed by atoms with van der Waals surface area (Å²) >= 11 is 0. The van der Waals surface area contributed by atoms with E-state index in [2.05, 4.69) is 20.8 Å². The van der Waals surface area contributed by atoms with Crippen LogP contribution in [0.25, 0.3) is 0 Å². The minimum atomic E-state index is -0.219. The number of carbonyl (C=O) groups excluding carboxylic acids is 1. The fraction of sp³-hybridized carbons (Fsp3) is 0.700. The SMILES string of the molecule is O=C(NC1CC1)c1noc(C2CCNC2)n1. The number of hydrogen-bond acceptors (Lipinski definition) is 5. The number of rotatable bonds is 3. The lowest BCUT2D eigenvalue weighted by Crippen LogP contribution is -2.26. The van der Waals surface area contributed by atoms with Gasteiger partial charge in [-0.15, -0.1) is 0 Å². The summed E-state index contributed by atoms with van der Waals surface area (Å²) in [6.45, 7) is 1.82. The Labute approximate surface area is 92.8 Å². The summed E-state index contributed by atoms with van der Waals surface area (Å²) in [7, 11) is 0. The highest BCUT2D eigenvalue weighted by molar-refractivity contribution is 5.90. The Bertz CT molecular complexity index is 393. The van der Waals surface area contributed by atoms with Gasteiger partial charge in [0, 0.05) is 12.6 Å². The molecule has 86 valence electrons. The molecule has 0 radical (unpaired) electrons. The monoisotopic (exact) mass is 222 g/mol. The van der Waals surface area contributed by atoms with E-state index in [1.807, 2.05) is 0 Å². The van der Waals surface area contributed by atoms with E-state index in [1.54, 1.807) is 0 Å². The van der Waals surface area contributed by atoms with Crippen LogP contribution in [0.15, 0.2) is 4.52 Å². The number of nitrogens with zero attached hydrogens (tertiary/aromatic N) is 2. The fourth-order valence-electron chi connectivity index (χ4n) is 1.84. The lowest BCUT2D eigenvalue weighted by molar-refractivity contribution is 0.0937. The molecule has 6 nitrogen and oxygen atoms in total. The quantitative estimate of drug-likeness (QED) is 0.754. The molecule has 2 aliphatic rings. The molecule has 1 aliphatic heterocycles. The van der Waals surface area contributed by atoms with Gasteiger partial charge >= 0.3 is 0 Å². The Morgan fingerprint density at radius 2 is 2.31 bits per heavy atom. The zero-order valence-electron chi connectivity index (χ0n) is 8.90. The summed E-state index contributed by atoms with van der Waals surface area (Å²) in [5.74, 6) is 0.776. The highest BCUT2D eigenvalue weighted by Gasteiger charge is 2.28. The average Bonchev–Trinajstić information content (AvgIpc) is 2.84. The molecule has 0 spiro atoms. The van der Waals surface area contributed by atoms with Crippen LogP contribution in [0, 0.1) is 0 Å². The number of nitrogens with one attached hydrogen (secondary N) is 2. The number of amides is 1. The van der Waals surface area contributed by atoms with Crippen LogP contribution in [0.4, 0.5) is 0 Å². The maximum absolute atomic E-state index is 11.6. The third-order valence-electron chi connectivity index (χ3n) is 2.97. The van der Waals surface area contributed by atoms with Gasteiger partial charge in [0.05, 0.1) is 5.92 Å². The molecule has 2 fully saturated rings. The number of hydrogen-bond donors (Lipinski definition) is 2. The predicted molar refractivity (Wildman–Crippen MR) is 55.0 cm³/mol. The summed E-state index contributed by atoms with van der Waals surface area (Å²) in [5, 5.41) is 9.77. The third kappa shape index (κ3) is 1.92. The van der Waals surface area contributed by atoms with Crippen molar-refractivity contribution in [2.45, 2.75) is 31.2 Å². The first-order chi connectivity index (χ1) is 7.83. The molecule has 1 atom stereocenters. The zero-order valence-corrected chi connectivity index (χ0v) is 8.90. The summed E-state index contributed by atoms with van der Waals surface area (Å²) < 4.78 is 5.11. The van der Waals surface area contributed by atoms with Crippen LogP contribution in [0.1, 0.15) is 41.7 Å². The molecule has 1 aromatic rings. The first kappa shape index (κ1) is 9.77. The predicted octanol–water partition coefficient (Wildman–Crippen LogP) is 0.0387. The molecule has 1 aromatic heterocycles. The second-order valence-electron chi connectivity index (χ2n) is 4.39. The minimum Gasteiger partial charge on any atom is -0.346 e. The minimum absolute atomic E-state index is 0.161. The van der Waals surface area contributed by atoms with Gasteiger partial charge in [-0.2, -0.15) is 4.98 Å². The highest BCUT2D eigenvalue weighted by atomic mass is 16.5. The van der Waals surface area contributed by atoms with E-state index < -0.39 is 0 Å². The van der Waals surface area contributed by atoms with Crippen molar-refractivity contribution in [2.24, 2.45) is 0 Å². The largest absolute Gasteiger partial charge is 0.346 e. The maximum Gasteiger partial charge on any atom is 0.292 e. The van der Waals surface area contributed by atoms with Gasteiger partial charge in [0.15, 0.2) is 0 Å². The zero-order chi connectivity index (χ0) is 11.0. The van der Waals surface area contributed by atoms with Gasteiger partial charge in [-0.3, -0.25) is 4.79 Å². The lowest BCUT2D eigenvalue weighted by Gasteiger charge is -1.98. The third-order valence-corrected chi connectivity index (χ3v) is 2.97. The molecule has 2 N–H and O–H groups in total. The average molecular weight is 222 g/mol. The van der Waals surface area contributed by atoms with Crippen LogP contribution in [0.3, 0.4) is 0 Å². The summed E-state index contributed by atoms with van der Waals surface area (Å²) in [6.07, 6.45) is 3.11. The van der Waals surface area contributed by atoms with Crippen molar-refractivity contribution in [2.75, 3.05) is 13.1 Å². The van der Waals surface area contributed by atoms with Crippen molar-refractivity contribution >= 4 is 5.91 Å². The van der Waals surface area contributed by atoms with Gasteiger partial charge in [-0.05, 0) is 25.8 Å². The van der Waals surface area contributed by atoms with Crippen molar-refractivity contribution in [3.8, 4) is 0 Å². The molecule has 1 unspecified atom stereocenters. The van der Waals surface area contributed by atoms with Gasteiger partial charge in [-0.1, -0.05) is 5.16 Å². The topological polar surface area (TPSA) is 80.0 Å². The van der Waals surface area contributed by atoms with Crippen molar-refractivity contribution < 1.29 is 9.32 Å². The van der Waals surface area contributed by atoms with E-state index in [0.717, 1.165) is 32.4 Å². The van der Waals surface area contributed by atoms with Crippen LogP contribution < -0.4 is 10.6 Å². The van der Waals surface area contributed by atoms with Gasteiger partial charge in [-0.25, -0.2) is 0 Å². The van der Waals surface area contributed by atoms with Crippen molar-refractivity contribution in [1.82, 2.24) is 20.8 Å². The summed E-state index contributed by atoms with van der Waals surface area (Å²) in [5.41, 5.74) is 0. The molecule has 3 rings (SSSR count). The summed E-state index contributed by atoms with van der Waals surface area (Å²) in [4.78, 5) is 15.8.